The van der Waals surface area contributed by atoms with Gasteiger partial charge in [-0.1, -0.05) is 0 Å². The first-order valence-electron chi connectivity index (χ1n) is 7.47. The van der Waals surface area contributed by atoms with E-state index in [4.69, 9.17) is 10.5 Å². The Morgan fingerprint density at radius 2 is 2.24 bits per heavy atom. The first-order chi connectivity index (χ1) is 10.2. The number of ether oxygens (including phenoxy) is 1. The van der Waals surface area contributed by atoms with E-state index < -0.39 is 0 Å². The van der Waals surface area contributed by atoms with Gasteiger partial charge in [-0.2, -0.15) is 5.10 Å². The van der Waals surface area contributed by atoms with E-state index >= 15 is 0 Å². The number of hydrogen-bond donors (Lipinski definition) is 2. The van der Waals surface area contributed by atoms with Crippen LogP contribution in [0.1, 0.15) is 26.0 Å². The van der Waals surface area contributed by atoms with Gasteiger partial charge in [0, 0.05) is 17.7 Å². The summed E-state index contributed by atoms with van der Waals surface area (Å²) in [4.78, 5) is 4.37. The van der Waals surface area contributed by atoms with Crippen molar-refractivity contribution in [3.05, 3.63) is 18.7 Å². The van der Waals surface area contributed by atoms with Crippen molar-refractivity contribution in [1.82, 2.24) is 25.1 Å². The molecule has 0 aliphatic carbocycles. The molecule has 4 rings (SSSR count). The number of aromatic nitrogens is 4. The second kappa shape index (κ2) is 4.72. The van der Waals surface area contributed by atoms with Crippen molar-refractivity contribution in [3.63, 3.8) is 0 Å². The van der Waals surface area contributed by atoms with Gasteiger partial charge in [0.15, 0.2) is 5.82 Å². The Balaban J connectivity index is 1.76. The standard InChI is InChI=1S/C14H20N6O/c1-9-11(15)14(2-4-16-5-3-14)13(21-9)20-7-10-6-18-19-12(10)17-8-20/h6-9,11,13,16H,2-5,15H2,1H3. The fourth-order valence-corrected chi connectivity index (χ4v) is 3.79. The third-order valence-corrected chi connectivity index (χ3v) is 5.02. The fourth-order valence-electron chi connectivity index (χ4n) is 3.79. The molecule has 7 nitrogen and oxygen atoms in total. The second-order valence-corrected chi connectivity index (χ2v) is 6.15. The normalized spacial score (nSPS) is 32.0. The highest BCUT2D eigenvalue weighted by Gasteiger charge is 2.54. The van der Waals surface area contributed by atoms with Gasteiger partial charge in [-0.25, -0.2) is 4.98 Å². The van der Waals surface area contributed by atoms with Gasteiger partial charge in [0.25, 0.3) is 0 Å². The lowest BCUT2D eigenvalue weighted by Gasteiger charge is -2.41. The van der Waals surface area contributed by atoms with Crippen molar-refractivity contribution >= 4 is 0 Å². The van der Waals surface area contributed by atoms with Crippen LogP contribution in [0.4, 0.5) is 0 Å². The molecule has 3 N–H and O–H groups in total. The summed E-state index contributed by atoms with van der Waals surface area (Å²) in [5.41, 5.74) is 7.40. The minimum Gasteiger partial charge on any atom is -0.353 e. The van der Waals surface area contributed by atoms with Gasteiger partial charge in [0.1, 0.15) is 6.23 Å². The summed E-state index contributed by atoms with van der Waals surface area (Å²) >= 11 is 0. The number of piperidine rings is 1. The molecule has 7 heteroatoms. The molecule has 3 unspecified atom stereocenters. The number of hydrogen-bond acceptors (Lipinski definition) is 6. The summed E-state index contributed by atoms with van der Waals surface area (Å²) in [6, 6.07) is 0.0451. The Hall–Kier alpha value is -1.57. The highest BCUT2D eigenvalue weighted by Crippen LogP contribution is 2.50. The van der Waals surface area contributed by atoms with Gasteiger partial charge in [-0.05, 0) is 32.9 Å². The molecule has 0 bridgehead atoms. The summed E-state index contributed by atoms with van der Waals surface area (Å²) < 4.78 is 8.25. The zero-order valence-corrected chi connectivity index (χ0v) is 12.1. The van der Waals surface area contributed by atoms with E-state index in [0.29, 0.717) is 5.82 Å². The second-order valence-electron chi connectivity index (χ2n) is 6.15. The van der Waals surface area contributed by atoms with Crippen molar-refractivity contribution in [1.29, 1.82) is 0 Å². The lowest BCUT2D eigenvalue weighted by molar-refractivity contribution is -0.0460. The van der Waals surface area contributed by atoms with Crippen LogP contribution in [0.15, 0.2) is 18.7 Å². The lowest BCUT2D eigenvalue weighted by atomic mass is 9.72. The molecule has 0 saturated carbocycles. The van der Waals surface area contributed by atoms with E-state index in [0.717, 1.165) is 31.5 Å². The lowest BCUT2D eigenvalue weighted by Crippen LogP contribution is -2.51. The quantitative estimate of drug-likeness (QED) is 0.789. The zero-order chi connectivity index (χ0) is 14.4. The summed E-state index contributed by atoms with van der Waals surface area (Å²) in [5, 5.41) is 11.3. The van der Waals surface area contributed by atoms with Crippen LogP contribution in [0, 0.1) is 5.41 Å². The average molecular weight is 288 g/mol. The van der Waals surface area contributed by atoms with Crippen molar-refractivity contribution in [3.8, 4) is 11.4 Å². The fraction of sp³-hybridized carbons (Fsp3) is 0.643. The molecule has 0 radical (unpaired) electrons. The largest absolute Gasteiger partial charge is 0.353 e. The Morgan fingerprint density at radius 3 is 3.05 bits per heavy atom. The molecule has 0 aromatic heterocycles. The number of fused-ring (bicyclic) bond motifs is 1. The predicted molar refractivity (Wildman–Crippen MR) is 76.5 cm³/mol. The molecule has 21 heavy (non-hydrogen) atoms. The molecule has 2 saturated heterocycles. The van der Waals surface area contributed by atoms with Crippen molar-refractivity contribution in [2.45, 2.75) is 38.1 Å². The third-order valence-electron chi connectivity index (χ3n) is 5.02. The Morgan fingerprint density at radius 1 is 1.43 bits per heavy atom. The summed E-state index contributed by atoms with van der Waals surface area (Å²) in [7, 11) is 0. The Bertz CT molecular complexity index is 607. The van der Waals surface area contributed by atoms with Crippen molar-refractivity contribution in [2.75, 3.05) is 13.1 Å². The number of nitrogens with two attached hydrogens (primary N) is 1. The van der Waals surface area contributed by atoms with E-state index in [9.17, 15) is 0 Å². The summed E-state index contributed by atoms with van der Waals surface area (Å²) in [6.45, 7) is 4.03. The smallest absolute Gasteiger partial charge is 0.186 e. The summed E-state index contributed by atoms with van der Waals surface area (Å²) in [5.74, 6) is 0.668. The zero-order valence-electron chi connectivity index (χ0n) is 12.1. The highest BCUT2D eigenvalue weighted by atomic mass is 16.5. The maximum atomic E-state index is 6.50. The van der Waals surface area contributed by atoms with Gasteiger partial charge in [0.05, 0.1) is 24.2 Å². The van der Waals surface area contributed by atoms with Crippen LogP contribution in [0.25, 0.3) is 11.4 Å². The molecule has 0 amide bonds. The van der Waals surface area contributed by atoms with Crippen LogP contribution in [0.2, 0.25) is 0 Å². The number of nitrogens with zero attached hydrogens (tertiary/aromatic N) is 4. The summed E-state index contributed by atoms with van der Waals surface area (Å²) in [6.07, 6.45) is 7.55. The number of rotatable bonds is 1. The van der Waals surface area contributed by atoms with Gasteiger partial charge in [-0.3, -0.25) is 0 Å². The molecule has 0 aromatic carbocycles. The monoisotopic (exact) mass is 288 g/mol. The molecule has 2 fully saturated rings. The van der Waals surface area contributed by atoms with Crippen LogP contribution >= 0.6 is 0 Å². The van der Waals surface area contributed by atoms with E-state index in [2.05, 4.69) is 27.4 Å². The first kappa shape index (κ1) is 13.1. The van der Waals surface area contributed by atoms with Crippen LogP contribution in [0.3, 0.4) is 0 Å². The SMILES string of the molecule is CC1OC(n2cnc3nncc-3c2)C2(CCNCC2)C1N. The van der Waals surface area contributed by atoms with Crippen LogP contribution in [-0.2, 0) is 4.74 Å². The third kappa shape index (κ3) is 1.88. The van der Waals surface area contributed by atoms with Crippen LogP contribution in [-0.4, -0.2) is 45.0 Å². The maximum absolute atomic E-state index is 6.50. The Labute approximate surface area is 123 Å². The average Bonchev–Trinajstić information content (AvgIpc) is 3.07. The maximum Gasteiger partial charge on any atom is 0.186 e. The minimum atomic E-state index is -0.0728. The van der Waals surface area contributed by atoms with Crippen LogP contribution in [0.5, 0.6) is 0 Å². The van der Waals surface area contributed by atoms with Crippen molar-refractivity contribution < 1.29 is 4.74 Å². The highest BCUT2D eigenvalue weighted by molar-refractivity contribution is 5.52. The van der Waals surface area contributed by atoms with Crippen LogP contribution < -0.4 is 11.1 Å². The molecular weight excluding hydrogens is 268 g/mol. The topological polar surface area (TPSA) is 90.9 Å². The predicted octanol–water partition coefficient (Wildman–Crippen LogP) is 0.392. The van der Waals surface area contributed by atoms with Crippen molar-refractivity contribution in [2.24, 2.45) is 11.1 Å². The van der Waals surface area contributed by atoms with E-state index in [1.54, 1.807) is 12.5 Å². The van der Waals surface area contributed by atoms with Gasteiger partial charge < -0.3 is 20.4 Å². The molecule has 112 valence electrons. The molecular formula is C14H20N6O. The van der Waals surface area contributed by atoms with E-state index in [1.807, 2.05) is 10.8 Å². The van der Waals surface area contributed by atoms with Gasteiger partial charge in [0.2, 0.25) is 0 Å². The molecule has 4 aliphatic heterocycles. The molecule has 0 aromatic rings. The number of nitrogens with one attached hydrogen (secondary N) is 1. The molecule has 4 aliphatic rings. The molecule has 4 heterocycles. The van der Waals surface area contributed by atoms with E-state index in [1.165, 1.54) is 0 Å². The Kier molecular flexibility index (Phi) is 2.95. The van der Waals surface area contributed by atoms with E-state index in [-0.39, 0.29) is 23.8 Å². The molecule has 1 spiro atoms. The van der Waals surface area contributed by atoms with Gasteiger partial charge >= 0.3 is 0 Å². The molecule has 3 atom stereocenters. The minimum absolute atomic E-state index is 0.0296. The first-order valence-corrected chi connectivity index (χ1v) is 7.47. The van der Waals surface area contributed by atoms with Gasteiger partial charge in [-0.15, -0.1) is 5.10 Å².